The number of aromatic nitrogens is 2. The summed E-state index contributed by atoms with van der Waals surface area (Å²) in [7, 11) is 0. The van der Waals surface area contributed by atoms with Gasteiger partial charge in [-0.15, -0.1) is 0 Å². The summed E-state index contributed by atoms with van der Waals surface area (Å²) in [6, 6.07) is 0. The number of hydrogen-bond donors (Lipinski definition) is 1. The van der Waals surface area contributed by atoms with Crippen LogP contribution in [0.15, 0.2) is 12.4 Å². The van der Waals surface area contributed by atoms with E-state index in [0.29, 0.717) is 6.54 Å². The molecule has 78 valence electrons. The molecule has 0 saturated carbocycles. The van der Waals surface area contributed by atoms with Gasteiger partial charge in [-0.25, -0.2) is 0 Å². The van der Waals surface area contributed by atoms with Crippen molar-refractivity contribution < 1.29 is 4.79 Å². The van der Waals surface area contributed by atoms with Crippen LogP contribution in [0.2, 0.25) is 0 Å². The van der Waals surface area contributed by atoms with Crippen molar-refractivity contribution in [3.05, 3.63) is 18.0 Å². The van der Waals surface area contributed by atoms with Crippen molar-refractivity contribution in [3.63, 3.8) is 0 Å². The van der Waals surface area contributed by atoms with E-state index in [1.54, 1.807) is 10.9 Å². The SMILES string of the molecule is CCCCNC(=O)Cn1cc(C)cn1. The molecule has 0 aliphatic heterocycles. The maximum atomic E-state index is 11.3. The number of amides is 1. The van der Waals surface area contributed by atoms with Gasteiger partial charge in [0.15, 0.2) is 0 Å². The first-order valence-electron chi connectivity index (χ1n) is 4.98. The van der Waals surface area contributed by atoms with E-state index in [9.17, 15) is 4.79 Å². The van der Waals surface area contributed by atoms with Crippen LogP contribution < -0.4 is 5.32 Å². The fourth-order valence-electron chi connectivity index (χ4n) is 1.16. The molecular formula is C10H17N3O. The van der Waals surface area contributed by atoms with Crippen molar-refractivity contribution in [3.8, 4) is 0 Å². The Labute approximate surface area is 84.3 Å². The highest BCUT2D eigenvalue weighted by Gasteiger charge is 2.01. The number of aryl methyl sites for hydroxylation is 1. The quantitative estimate of drug-likeness (QED) is 0.715. The maximum absolute atomic E-state index is 11.3. The fraction of sp³-hybridized carbons (Fsp3) is 0.600. The summed E-state index contributed by atoms with van der Waals surface area (Å²) in [4.78, 5) is 11.3. The molecule has 4 heteroatoms. The van der Waals surface area contributed by atoms with Crippen LogP contribution in [0, 0.1) is 6.92 Å². The Bertz CT molecular complexity index is 293. The average molecular weight is 195 g/mol. The van der Waals surface area contributed by atoms with Crippen molar-refractivity contribution in [1.29, 1.82) is 0 Å². The van der Waals surface area contributed by atoms with Gasteiger partial charge in [0.2, 0.25) is 5.91 Å². The predicted molar refractivity (Wildman–Crippen MR) is 54.9 cm³/mol. The van der Waals surface area contributed by atoms with Crippen molar-refractivity contribution >= 4 is 5.91 Å². The lowest BCUT2D eigenvalue weighted by molar-refractivity contribution is -0.121. The monoisotopic (exact) mass is 195 g/mol. The molecule has 4 nitrogen and oxygen atoms in total. The van der Waals surface area contributed by atoms with Crippen LogP contribution in [-0.4, -0.2) is 22.2 Å². The molecule has 0 atom stereocenters. The highest BCUT2D eigenvalue weighted by atomic mass is 16.2. The van der Waals surface area contributed by atoms with E-state index < -0.39 is 0 Å². The number of carbonyl (C=O) groups is 1. The molecular weight excluding hydrogens is 178 g/mol. The highest BCUT2D eigenvalue weighted by Crippen LogP contribution is 1.93. The smallest absolute Gasteiger partial charge is 0.241 e. The Morgan fingerprint density at radius 1 is 1.64 bits per heavy atom. The predicted octanol–water partition coefficient (Wildman–Crippen LogP) is 1.11. The largest absolute Gasteiger partial charge is 0.354 e. The van der Waals surface area contributed by atoms with E-state index in [4.69, 9.17) is 0 Å². The summed E-state index contributed by atoms with van der Waals surface area (Å²) in [5.74, 6) is 0.0292. The first-order valence-corrected chi connectivity index (χ1v) is 4.98. The van der Waals surface area contributed by atoms with Gasteiger partial charge in [0.1, 0.15) is 6.54 Å². The molecule has 1 rings (SSSR count). The third-order valence-electron chi connectivity index (χ3n) is 1.92. The molecule has 1 aromatic rings. The summed E-state index contributed by atoms with van der Waals surface area (Å²) in [5.41, 5.74) is 1.08. The standard InChI is InChI=1S/C10H17N3O/c1-3-4-5-11-10(14)8-13-7-9(2)6-12-13/h6-7H,3-5,8H2,1-2H3,(H,11,14). The van der Waals surface area contributed by atoms with E-state index in [1.807, 2.05) is 13.1 Å². The second-order valence-corrected chi connectivity index (χ2v) is 3.42. The van der Waals surface area contributed by atoms with Crippen molar-refractivity contribution in [2.24, 2.45) is 0 Å². The summed E-state index contributed by atoms with van der Waals surface area (Å²) < 4.78 is 1.65. The average Bonchev–Trinajstić information content (AvgIpc) is 2.52. The van der Waals surface area contributed by atoms with E-state index in [-0.39, 0.29) is 5.91 Å². The molecule has 1 heterocycles. The Morgan fingerprint density at radius 2 is 2.43 bits per heavy atom. The second kappa shape index (κ2) is 5.42. The van der Waals surface area contributed by atoms with Crippen LogP contribution in [0.4, 0.5) is 0 Å². The van der Waals surface area contributed by atoms with Gasteiger partial charge < -0.3 is 5.32 Å². The van der Waals surface area contributed by atoms with Crippen LogP contribution in [0.25, 0.3) is 0 Å². The number of nitrogens with zero attached hydrogens (tertiary/aromatic N) is 2. The first-order chi connectivity index (χ1) is 6.72. The first kappa shape index (κ1) is 10.8. The Balaban J connectivity index is 2.27. The zero-order chi connectivity index (χ0) is 10.4. The van der Waals surface area contributed by atoms with Crippen LogP contribution in [0.1, 0.15) is 25.3 Å². The van der Waals surface area contributed by atoms with Crippen LogP contribution in [0.5, 0.6) is 0 Å². The molecule has 0 fully saturated rings. The molecule has 0 spiro atoms. The topological polar surface area (TPSA) is 46.9 Å². The lowest BCUT2D eigenvalue weighted by atomic mass is 10.3. The summed E-state index contributed by atoms with van der Waals surface area (Å²) in [6.07, 6.45) is 5.74. The number of hydrogen-bond acceptors (Lipinski definition) is 2. The van der Waals surface area contributed by atoms with Gasteiger partial charge >= 0.3 is 0 Å². The van der Waals surface area contributed by atoms with E-state index in [2.05, 4.69) is 17.3 Å². The lowest BCUT2D eigenvalue weighted by Crippen LogP contribution is -2.28. The summed E-state index contributed by atoms with van der Waals surface area (Å²) in [6.45, 7) is 5.13. The second-order valence-electron chi connectivity index (χ2n) is 3.42. The van der Waals surface area contributed by atoms with Crippen LogP contribution in [-0.2, 0) is 11.3 Å². The molecule has 0 unspecified atom stereocenters. The molecule has 0 bridgehead atoms. The summed E-state index contributed by atoms with van der Waals surface area (Å²) >= 11 is 0. The third-order valence-corrected chi connectivity index (χ3v) is 1.92. The van der Waals surface area contributed by atoms with Crippen molar-refractivity contribution in [1.82, 2.24) is 15.1 Å². The molecule has 1 N–H and O–H groups in total. The van der Waals surface area contributed by atoms with Gasteiger partial charge in [-0.3, -0.25) is 9.48 Å². The maximum Gasteiger partial charge on any atom is 0.241 e. The van der Waals surface area contributed by atoms with Gasteiger partial charge in [-0.2, -0.15) is 5.10 Å². The Kier molecular flexibility index (Phi) is 4.16. The van der Waals surface area contributed by atoms with E-state index in [0.717, 1.165) is 24.9 Å². The van der Waals surface area contributed by atoms with Crippen LogP contribution >= 0.6 is 0 Å². The van der Waals surface area contributed by atoms with Gasteiger partial charge in [0.05, 0.1) is 6.20 Å². The molecule has 0 radical (unpaired) electrons. The fourth-order valence-corrected chi connectivity index (χ4v) is 1.16. The molecule has 0 aromatic carbocycles. The van der Waals surface area contributed by atoms with E-state index >= 15 is 0 Å². The lowest BCUT2D eigenvalue weighted by Gasteiger charge is -2.03. The Morgan fingerprint density at radius 3 is 3.00 bits per heavy atom. The number of nitrogens with one attached hydrogen (secondary N) is 1. The Hall–Kier alpha value is -1.32. The molecule has 1 aromatic heterocycles. The molecule has 1 amide bonds. The summed E-state index contributed by atoms with van der Waals surface area (Å²) in [5, 5.41) is 6.88. The van der Waals surface area contributed by atoms with Gasteiger partial charge in [-0.05, 0) is 18.9 Å². The van der Waals surface area contributed by atoms with Crippen LogP contribution in [0.3, 0.4) is 0 Å². The third kappa shape index (κ3) is 3.60. The minimum absolute atomic E-state index is 0.0292. The van der Waals surface area contributed by atoms with E-state index in [1.165, 1.54) is 0 Å². The normalized spacial score (nSPS) is 10.1. The number of carbonyl (C=O) groups excluding carboxylic acids is 1. The highest BCUT2D eigenvalue weighted by molar-refractivity contribution is 5.75. The zero-order valence-corrected chi connectivity index (χ0v) is 8.79. The minimum Gasteiger partial charge on any atom is -0.354 e. The van der Waals surface area contributed by atoms with Gasteiger partial charge in [0.25, 0.3) is 0 Å². The molecule has 14 heavy (non-hydrogen) atoms. The molecule has 0 aliphatic rings. The van der Waals surface area contributed by atoms with Gasteiger partial charge in [0, 0.05) is 12.7 Å². The van der Waals surface area contributed by atoms with Gasteiger partial charge in [-0.1, -0.05) is 13.3 Å². The number of unbranched alkanes of at least 4 members (excludes halogenated alkanes) is 1. The number of rotatable bonds is 5. The van der Waals surface area contributed by atoms with Crippen molar-refractivity contribution in [2.75, 3.05) is 6.54 Å². The zero-order valence-electron chi connectivity index (χ0n) is 8.79. The molecule has 0 aliphatic carbocycles. The molecule has 0 saturated heterocycles. The van der Waals surface area contributed by atoms with Crippen molar-refractivity contribution in [2.45, 2.75) is 33.2 Å². The minimum atomic E-state index is 0.0292.